The first-order chi connectivity index (χ1) is 7.95. The highest BCUT2D eigenvalue weighted by atomic mass is 15.0. The lowest BCUT2D eigenvalue weighted by Gasteiger charge is -1.74. The first-order valence-electron chi connectivity index (χ1n) is 3.59. The Kier molecular flexibility index (Phi) is 40.5. The molecule has 0 aliphatic heterocycles. The lowest BCUT2D eigenvalue weighted by molar-refractivity contribution is 1.39. The highest BCUT2D eigenvalue weighted by Crippen LogP contribution is 1.50. The maximum absolute atomic E-state index is 7.64. The van der Waals surface area contributed by atoms with Crippen molar-refractivity contribution in [3.8, 4) is 18.6 Å². The molecule has 0 amide bonds. The van der Waals surface area contributed by atoms with Gasteiger partial charge in [-0.25, -0.2) is 0 Å². The number of aliphatic imine (C=N–C) groups is 2. The minimum atomic E-state index is -0.197. The van der Waals surface area contributed by atoms with E-state index in [1.54, 1.807) is 0 Å². The Bertz CT molecular complexity index is 285. The van der Waals surface area contributed by atoms with Gasteiger partial charge in [0.05, 0.1) is 0 Å². The third-order valence-corrected chi connectivity index (χ3v) is 0.358. The normalized spacial score (nSPS) is 4.88. The van der Waals surface area contributed by atoms with Gasteiger partial charge in [0.15, 0.2) is 6.19 Å². The smallest absolute Gasteiger partial charge is 0.209 e. The van der Waals surface area contributed by atoms with Crippen LogP contribution >= 0.6 is 0 Å². The number of nitriles is 3. The molecule has 0 saturated heterocycles. The highest BCUT2D eigenvalue weighted by molar-refractivity contribution is 5.76. The van der Waals surface area contributed by atoms with Crippen LogP contribution in [0.4, 0.5) is 0 Å². The zero-order chi connectivity index (χ0) is 14.7. The molecule has 0 aliphatic carbocycles. The first-order valence-corrected chi connectivity index (χ1v) is 3.59. The molecule has 0 bridgehead atoms. The van der Waals surface area contributed by atoms with Crippen LogP contribution in [0, 0.1) is 34.4 Å². The zero-order valence-corrected chi connectivity index (χ0v) is 9.20. The van der Waals surface area contributed by atoms with Gasteiger partial charge in [-0.3, -0.25) is 0 Å². The van der Waals surface area contributed by atoms with Gasteiger partial charge in [0.2, 0.25) is 24.3 Å². The molecule has 11 nitrogen and oxygen atoms in total. The second kappa shape index (κ2) is 29.3. The van der Waals surface area contributed by atoms with Crippen LogP contribution in [0.5, 0.6) is 0 Å². The van der Waals surface area contributed by atoms with Crippen LogP contribution in [0.2, 0.25) is 0 Å². The van der Waals surface area contributed by atoms with E-state index in [1.807, 2.05) is 0 Å². The number of rotatable bonds is 0. The maximum Gasteiger partial charge on any atom is 0.209 e. The molecular weight excluding hydrogens is 226 g/mol. The Hall–Kier alpha value is -3.23. The van der Waals surface area contributed by atoms with Crippen molar-refractivity contribution in [2.75, 3.05) is 7.05 Å². The van der Waals surface area contributed by atoms with Crippen LogP contribution in [0.3, 0.4) is 0 Å². The predicted molar refractivity (Wildman–Crippen MR) is 62.8 cm³/mol. The standard InChI is InChI=1S/2C2H4N4.CH2N2.CH5N/c2*3-1-6-2(4)5;2-1-3;1-2/h2*(H4,4,5,6);2H2;2H2,1H3. The molecule has 0 fully saturated rings. The van der Waals surface area contributed by atoms with Crippen LogP contribution in [0.25, 0.3) is 0 Å². The fourth-order valence-electron chi connectivity index (χ4n) is 0.115. The van der Waals surface area contributed by atoms with E-state index in [-0.39, 0.29) is 11.9 Å². The Morgan fingerprint density at radius 2 is 1.00 bits per heavy atom. The van der Waals surface area contributed by atoms with Gasteiger partial charge < -0.3 is 34.4 Å². The summed E-state index contributed by atoms with van der Waals surface area (Å²) in [6, 6.07) is 0. The third-order valence-electron chi connectivity index (χ3n) is 0.358. The molecule has 0 spiro atoms. The zero-order valence-electron chi connectivity index (χ0n) is 9.20. The number of hydrogen-bond donors (Lipinski definition) is 6. The third kappa shape index (κ3) is 193. The average molecular weight is 241 g/mol. The topological polar surface area (TPSA) is 252 Å². The number of nitrogens with two attached hydrogens (primary N) is 6. The molecular formula is C6H15N11. The minimum absolute atomic E-state index is 0.197. The van der Waals surface area contributed by atoms with Crippen molar-refractivity contribution in [1.82, 2.24) is 0 Å². The van der Waals surface area contributed by atoms with Crippen molar-refractivity contribution in [3.63, 3.8) is 0 Å². The summed E-state index contributed by atoms with van der Waals surface area (Å²) >= 11 is 0. The monoisotopic (exact) mass is 241 g/mol. The quantitative estimate of drug-likeness (QED) is 0.106. The molecule has 0 aromatic carbocycles. The summed E-state index contributed by atoms with van der Waals surface area (Å²) in [6.07, 6.45) is 4.06. The van der Waals surface area contributed by atoms with Gasteiger partial charge in [0, 0.05) is 0 Å². The molecule has 0 aromatic heterocycles. The van der Waals surface area contributed by atoms with Gasteiger partial charge >= 0.3 is 0 Å². The molecule has 94 valence electrons. The van der Waals surface area contributed by atoms with Crippen molar-refractivity contribution in [2.45, 2.75) is 0 Å². The van der Waals surface area contributed by atoms with Crippen molar-refractivity contribution in [2.24, 2.45) is 44.4 Å². The SMILES string of the molecule is CN.N#CN.N#CN=C(N)N.N#CN=C(N)N. The summed E-state index contributed by atoms with van der Waals surface area (Å²) in [5.41, 5.74) is 27.5. The minimum Gasteiger partial charge on any atom is -0.369 e. The van der Waals surface area contributed by atoms with E-state index in [0.29, 0.717) is 0 Å². The summed E-state index contributed by atoms with van der Waals surface area (Å²) in [6.45, 7) is 0. The van der Waals surface area contributed by atoms with Crippen LogP contribution in [0.15, 0.2) is 9.98 Å². The van der Waals surface area contributed by atoms with Crippen molar-refractivity contribution in [1.29, 1.82) is 15.8 Å². The summed E-state index contributed by atoms with van der Waals surface area (Å²) < 4.78 is 0. The van der Waals surface area contributed by atoms with Crippen molar-refractivity contribution < 1.29 is 0 Å². The molecule has 11 heteroatoms. The molecule has 0 aromatic rings. The largest absolute Gasteiger partial charge is 0.369 e. The summed E-state index contributed by atoms with van der Waals surface area (Å²) in [7, 11) is 1.50. The van der Waals surface area contributed by atoms with Crippen LogP contribution in [0.1, 0.15) is 0 Å². The maximum atomic E-state index is 7.64. The molecule has 0 radical (unpaired) electrons. The molecule has 0 unspecified atom stereocenters. The Labute approximate surface area is 98.6 Å². The molecule has 12 N–H and O–H groups in total. The van der Waals surface area contributed by atoms with Gasteiger partial charge in [-0.1, -0.05) is 0 Å². The van der Waals surface area contributed by atoms with Gasteiger partial charge in [-0.15, -0.1) is 9.98 Å². The van der Waals surface area contributed by atoms with E-state index < -0.39 is 0 Å². The number of nitrogens with zero attached hydrogens (tertiary/aromatic N) is 5. The Morgan fingerprint density at radius 3 is 1.00 bits per heavy atom. The van der Waals surface area contributed by atoms with Crippen molar-refractivity contribution in [3.05, 3.63) is 0 Å². The highest BCUT2D eigenvalue weighted by Gasteiger charge is 1.68. The van der Waals surface area contributed by atoms with Gasteiger partial charge in [0.25, 0.3) is 0 Å². The van der Waals surface area contributed by atoms with E-state index >= 15 is 0 Å². The Morgan fingerprint density at radius 1 is 0.824 bits per heavy atom. The molecule has 0 aliphatic rings. The summed E-state index contributed by atoms with van der Waals surface area (Å²) in [5, 5.41) is 22.4. The predicted octanol–water partition coefficient (Wildman–Crippen LogP) is -3.52. The fourth-order valence-corrected chi connectivity index (χ4v) is 0.115. The summed E-state index contributed by atoms with van der Waals surface area (Å²) in [5.74, 6) is -0.394. The fraction of sp³-hybridized carbons (Fsp3) is 0.167. The van der Waals surface area contributed by atoms with E-state index in [0.717, 1.165) is 0 Å². The number of hydrogen-bond acceptors (Lipinski definition) is 7. The molecule has 0 saturated carbocycles. The second-order valence-corrected chi connectivity index (χ2v) is 1.40. The molecule has 0 heterocycles. The van der Waals surface area contributed by atoms with Gasteiger partial charge in [-0.2, -0.15) is 15.8 Å². The van der Waals surface area contributed by atoms with Crippen molar-refractivity contribution >= 4 is 11.9 Å². The van der Waals surface area contributed by atoms with E-state index in [4.69, 9.17) is 38.7 Å². The van der Waals surface area contributed by atoms with Crippen LogP contribution in [-0.4, -0.2) is 19.0 Å². The average Bonchev–Trinajstić information content (AvgIpc) is 2.22. The summed E-state index contributed by atoms with van der Waals surface area (Å²) in [4.78, 5) is 5.81. The van der Waals surface area contributed by atoms with Gasteiger partial charge in [0.1, 0.15) is 0 Å². The lowest BCUT2D eigenvalue weighted by atomic mass is 11.1. The van der Waals surface area contributed by atoms with Crippen LogP contribution in [-0.2, 0) is 0 Å². The van der Waals surface area contributed by atoms with E-state index in [9.17, 15) is 0 Å². The van der Waals surface area contributed by atoms with E-state index in [2.05, 4.69) is 21.5 Å². The molecule has 0 rings (SSSR count). The van der Waals surface area contributed by atoms with E-state index in [1.165, 1.54) is 25.6 Å². The first kappa shape index (κ1) is 23.5. The molecule has 17 heavy (non-hydrogen) atoms. The Balaban J connectivity index is -0.0000000727. The lowest BCUT2D eigenvalue weighted by Crippen LogP contribution is -2.21. The molecule has 0 atom stereocenters. The number of guanidine groups is 2. The second-order valence-electron chi connectivity index (χ2n) is 1.40. The van der Waals surface area contributed by atoms with Gasteiger partial charge in [-0.05, 0) is 7.05 Å². The van der Waals surface area contributed by atoms with Crippen LogP contribution < -0.4 is 34.4 Å².